The summed E-state index contributed by atoms with van der Waals surface area (Å²) in [5, 5.41) is 0. The van der Waals surface area contributed by atoms with Crippen molar-refractivity contribution >= 4 is 0 Å². The van der Waals surface area contributed by atoms with Crippen molar-refractivity contribution in [2.45, 2.75) is 66.8 Å². The van der Waals surface area contributed by atoms with E-state index in [0.717, 1.165) is 13.0 Å². The molecule has 0 saturated carbocycles. The van der Waals surface area contributed by atoms with Gasteiger partial charge < -0.3 is 14.2 Å². The summed E-state index contributed by atoms with van der Waals surface area (Å²) in [7, 11) is 0. The van der Waals surface area contributed by atoms with Crippen LogP contribution in [0.4, 0.5) is 0 Å². The van der Waals surface area contributed by atoms with Gasteiger partial charge in [0.2, 0.25) is 0 Å². The third kappa shape index (κ3) is 13.8. The Labute approximate surface area is 107 Å². The lowest BCUT2D eigenvalue weighted by Gasteiger charge is -2.25. The van der Waals surface area contributed by atoms with Crippen molar-refractivity contribution < 1.29 is 14.2 Å². The molecule has 0 aromatic carbocycles. The number of hydrogen-bond donors (Lipinski definition) is 0. The maximum Gasteiger partial charge on any atom is 0.155 e. The molecule has 0 amide bonds. The minimum Gasteiger partial charge on any atom is -0.379 e. The zero-order chi connectivity index (χ0) is 13.5. The fourth-order valence-electron chi connectivity index (χ4n) is 1.29. The van der Waals surface area contributed by atoms with Crippen molar-refractivity contribution in [3.63, 3.8) is 0 Å². The topological polar surface area (TPSA) is 27.7 Å². The molecular weight excluding hydrogens is 216 g/mol. The van der Waals surface area contributed by atoms with Crippen LogP contribution in [0, 0.1) is 5.41 Å². The van der Waals surface area contributed by atoms with E-state index in [1.165, 1.54) is 0 Å². The highest BCUT2D eigenvalue weighted by Gasteiger charge is 2.15. The Morgan fingerprint density at radius 1 is 0.882 bits per heavy atom. The number of rotatable bonds is 7. The first-order valence-corrected chi connectivity index (χ1v) is 6.47. The van der Waals surface area contributed by atoms with Gasteiger partial charge in [-0.15, -0.1) is 0 Å². The van der Waals surface area contributed by atoms with E-state index in [0.29, 0.717) is 18.6 Å². The van der Waals surface area contributed by atoms with Crippen LogP contribution in [0.15, 0.2) is 0 Å². The summed E-state index contributed by atoms with van der Waals surface area (Å²) in [4.78, 5) is 0. The van der Waals surface area contributed by atoms with Crippen molar-refractivity contribution in [2.75, 3.05) is 19.8 Å². The summed E-state index contributed by atoms with van der Waals surface area (Å²) >= 11 is 0. The lowest BCUT2D eigenvalue weighted by Crippen LogP contribution is -2.28. The zero-order valence-corrected chi connectivity index (χ0v) is 12.6. The molecule has 0 heterocycles. The van der Waals surface area contributed by atoms with Crippen LogP contribution in [-0.2, 0) is 14.2 Å². The van der Waals surface area contributed by atoms with Gasteiger partial charge in [-0.1, -0.05) is 20.8 Å². The second-order valence-electron chi connectivity index (χ2n) is 6.59. The highest BCUT2D eigenvalue weighted by atomic mass is 16.7. The van der Waals surface area contributed by atoms with E-state index in [9.17, 15) is 0 Å². The van der Waals surface area contributed by atoms with Crippen molar-refractivity contribution in [2.24, 2.45) is 5.41 Å². The van der Waals surface area contributed by atoms with E-state index in [-0.39, 0.29) is 11.9 Å². The quantitative estimate of drug-likeness (QED) is 0.507. The summed E-state index contributed by atoms with van der Waals surface area (Å²) in [6.07, 6.45) is 0.891. The van der Waals surface area contributed by atoms with Gasteiger partial charge in [0.1, 0.15) is 0 Å². The number of ether oxygens (including phenoxy) is 3. The Morgan fingerprint density at radius 2 is 1.47 bits per heavy atom. The fraction of sp³-hybridized carbons (Fsp3) is 1.00. The van der Waals surface area contributed by atoms with Gasteiger partial charge >= 0.3 is 0 Å². The molecule has 0 radical (unpaired) electrons. The lowest BCUT2D eigenvalue weighted by molar-refractivity contribution is -0.190. The molecule has 0 bridgehead atoms. The SMILES string of the molecule is CC(OCCOCCC(C)(C)C)OC(C)(C)C. The Morgan fingerprint density at radius 3 is 1.94 bits per heavy atom. The predicted octanol–water partition coefficient (Wildman–Crippen LogP) is 3.62. The van der Waals surface area contributed by atoms with Gasteiger partial charge in [-0.2, -0.15) is 0 Å². The molecule has 0 fully saturated rings. The molecule has 17 heavy (non-hydrogen) atoms. The largest absolute Gasteiger partial charge is 0.379 e. The monoisotopic (exact) mass is 246 g/mol. The molecule has 1 atom stereocenters. The van der Waals surface area contributed by atoms with E-state index in [1.807, 2.05) is 27.7 Å². The molecule has 0 spiro atoms. The van der Waals surface area contributed by atoms with Gasteiger partial charge in [-0.25, -0.2) is 0 Å². The molecule has 0 rings (SSSR count). The van der Waals surface area contributed by atoms with Crippen LogP contribution in [0.25, 0.3) is 0 Å². The second kappa shape index (κ2) is 7.34. The Bertz CT molecular complexity index is 189. The highest BCUT2D eigenvalue weighted by molar-refractivity contribution is 4.60. The van der Waals surface area contributed by atoms with Crippen LogP contribution < -0.4 is 0 Å². The summed E-state index contributed by atoms with van der Waals surface area (Å²) in [6.45, 7) is 16.6. The van der Waals surface area contributed by atoms with Crippen LogP contribution in [0.1, 0.15) is 54.9 Å². The molecule has 0 aliphatic rings. The molecule has 0 N–H and O–H groups in total. The molecule has 0 aliphatic carbocycles. The lowest BCUT2D eigenvalue weighted by atomic mass is 9.93. The molecule has 0 saturated heterocycles. The Kier molecular flexibility index (Phi) is 7.29. The molecule has 104 valence electrons. The van der Waals surface area contributed by atoms with Crippen molar-refractivity contribution in [3.05, 3.63) is 0 Å². The summed E-state index contributed by atoms with van der Waals surface area (Å²) < 4.78 is 16.6. The molecule has 1 unspecified atom stereocenters. The summed E-state index contributed by atoms with van der Waals surface area (Å²) in [5.41, 5.74) is 0.177. The number of hydrogen-bond acceptors (Lipinski definition) is 3. The maximum atomic E-state index is 5.62. The first kappa shape index (κ1) is 16.9. The van der Waals surface area contributed by atoms with E-state index < -0.39 is 0 Å². The van der Waals surface area contributed by atoms with Gasteiger partial charge in [0.05, 0.1) is 18.8 Å². The third-order valence-electron chi connectivity index (χ3n) is 2.10. The van der Waals surface area contributed by atoms with E-state index >= 15 is 0 Å². The van der Waals surface area contributed by atoms with Crippen LogP contribution in [0.5, 0.6) is 0 Å². The summed E-state index contributed by atoms with van der Waals surface area (Å²) in [5.74, 6) is 0. The third-order valence-corrected chi connectivity index (χ3v) is 2.10. The molecular formula is C14H30O3. The van der Waals surface area contributed by atoms with Crippen LogP contribution >= 0.6 is 0 Å². The van der Waals surface area contributed by atoms with E-state index in [2.05, 4.69) is 20.8 Å². The normalized spacial score (nSPS) is 15.0. The van der Waals surface area contributed by atoms with Crippen molar-refractivity contribution in [1.82, 2.24) is 0 Å². The average Bonchev–Trinajstić information content (AvgIpc) is 2.06. The molecule has 0 aromatic heterocycles. The average molecular weight is 246 g/mol. The molecule has 3 nitrogen and oxygen atoms in total. The molecule has 0 aromatic rings. The molecule has 0 aliphatic heterocycles. The molecule has 3 heteroatoms. The minimum absolute atomic E-state index is 0.160. The van der Waals surface area contributed by atoms with E-state index in [4.69, 9.17) is 14.2 Å². The first-order chi connectivity index (χ1) is 7.60. The summed E-state index contributed by atoms with van der Waals surface area (Å²) in [6, 6.07) is 0. The zero-order valence-electron chi connectivity index (χ0n) is 12.6. The van der Waals surface area contributed by atoms with Gasteiger partial charge in [0.25, 0.3) is 0 Å². The highest BCUT2D eigenvalue weighted by Crippen LogP contribution is 2.17. The minimum atomic E-state index is -0.179. The van der Waals surface area contributed by atoms with Gasteiger partial charge in [0.15, 0.2) is 6.29 Å². The van der Waals surface area contributed by atoms with Gasteiger partial charge in [0, 0.05) is 6.61 Å². The van der Waals surface area contributed by atoms with E-state index in [1.54, 1.807) is 0 Å². The van der Waals surface area contributed by atoms with Crippen LogP contribution in [0.2, 0.25) is 0 Å². The predicted molar refractivity (Wildman–Crippen MR) is 71.1 cm³/mol. The smallest absolute Gasteiger partial charge is 0.155 e. The van der Waals surface area contributed by atoms with Crippen LogP contribution in [-0.4, -0.2) is 31.7 Å². The second-order valence-corrected chi connectivity index (χ2v) is 6.59. The van der Waals surface area contributed by atoms with Gasteiger partial charge in [-0.05, 0) is 39.5 Å². The van der Waals surface area contributed by atoms with Crippen LogP contribution in [0.3, 0.4) is 0 Å². The Hall–Kier alpha value is -0.120. The maximum absolute atomic E-state index is 5.62. The standard InChI is InChI=1S/C14H30O3/c1-12(17-14(5,6)7)16-11-10-15-9-8-13(2,3)4/h12H,8-11H2,1-7H3. The van der Waals surface area contributed by atoms with Crippen molar-refractivity contribution in [3.8, 4) is 0 Å². The Balaban J connectivity index is 3.40. The van der Waals surface area contributed by atoms with Crippen molar-refractivity contribution in [1.29, 1.82) is 0 Å². The fourth-order valence-corrected chi connectivity index (χ4v) is 1.29. The van der Waals surface area contributed by atoms with Gasteiger partial charge in [-0.3, -0.25) is 0 Å². The first-order valence-electron chi connectivity index (χ1n) is 6.47.